The van der Waals surface area contributed by atoms with E-state index in [1.807, 2.05) is 18.2 Å². The molecule has 0 aliphatic heterocycles. The van der Waals surface area contributed by atoms with Gasteiger partial charge >= 0.3 is 0 Å². The summed E-state index contributed by atoms with van der Waals surface area (Å²) in [4.78, 5) is 26.6. The average molecular weight is 369 g/mol. The van der Waals surface area contributed by atoms with Crippen LogP contribution in [-0.2, 0) is 0 Å². The molecule has 0 spiro atoms. The topological polar surface area (TPSA) is 113 Å². The maximum absolute atomic E-state index is 12.3. The van der Waals surface area contributed by atoms with Crippen LogP contribution in [0.1, 0.15) is 20.8 Å². The molecule has 140 valence electrons. The molecule has 3 rings (SSSR count). The maximum Gasteiger partial charge on any atom is 0.274 e. The van der Waals surface area contributed by atoms with Gasteiger partial charge in [0.05, 0.1) is 13.7 Å². The number of amides is 2. The molecule has 0 saturated heterocycles. The second kappa shape index (κ2) is 8.24. The molecule has 0 aliphatic carbocycles. The SMILES string of the molecule is COc1cccc2[nH]c(C(=O)NCCOc3ccc(C(=O)NO)cc3)cc12. The van der Waals surface area contributed by atoms with E-state index in [0.717, 1.165) is 10.9 Å². The van der Waals surface area contributed by atoms with Gasteiger partial charge in [-0.1, -0.05) is 6.07 Å². The summed E-state index contributed by atoms with van der Waals surface area (Å²) in [6.45, 7) is 0.574. The van der Waals surface area contributed by atoms with Gasteiger partial charge < -0.3 is 19.8 Å². The summed E-state index contributed by atoms with van der Waals surface area (Å²) in [6, 6.07) is 13.6. The number of hydrogen-bond acceptors (Lipinski definition) is 5. The number of aromatic nitrogens is 1. The molecule has 1 aromatic heterocycles. The number of benzene rings is 2. The molecule has 0 atom stereocenters. The summed E-state index contributed by atoms with van der Waals surface area (Å²) in [7, 11) is 1.58. The Morgan fingerprint density at radius 1 is 1.11 bits per heavy atom. The molecule has 3 aromatic rings. The molecule has 8 nitrogen and oxygen atoms in total. The normalized spacial score (nSPS) is 10.4. The molecule has 1 heterocycles. The highest BCUT2D eigenvalue weighted by molar-refractivity contribution is 5.99. The third kappa shape index (κ3) is 4.18. The lowest BCUT2D eigenvalue weighted by molar-refractivity contribution is 0.0706. The molecule has 0 radical (unpaired) electrons. The molecule has 0 saturated carbocycles. The van der Waals surface area contributed by atoms with Gasteiger partial charge in [-0.05, 0) is 42.5 Å². The summed E-state index contributed by atoms with van der Waals surface area (Å²) in [6.07, 6.45) is 0. The Bertz CT molecular complexity index is 950. The Morgan fingerprint density at radius 2 is 1.89 bits per heavy atom. The molecular weight excluding hydrogens is 350 g/mol. The van der Waals surface area contributed by atoms with E-state index in [0.29, 0.717) is 29.3 Å². The number of rotatable bonds is 7. The van der Waals surface area contributed by atoms with E-state index in [1.165, 1.54) is 12.1 Å². The Hall–Kier alpha value is -3.52. The van der Waals surface area contributed by atoms with Crippen LogP contribution in [0.2, 0.25) is 0 Å². The minimum atomic E-state index is -0.594. The van der Waals surface area contributed by atoms with E-state index in [2.05, 4.69) is 10.3 Å². The molecule has 2 amide bonds. The quantitative estimate of drug-likeness (QED) is 0.289. The molecule has 2 aromatic carbocycles. The number of nitrogens with one attached hydrogen (secondary N) is 3. The standard InChI is InChI=1S/C19H19N3O5/c1-26-17-4-2-3-15-14(17)11-16(21-15)19(24)20-9-10-27-13-7-5-12(6-8-13)18(23)22-25/h2-8,11,21,25H,9-10H2,1H3,(H,20,24)(H,22,23). The van der Waals surface area contributed by atoms with Crippen LogP contribution in [0.5, 0.6) is 11.5 Å². The molecule has 8 heteroatoms. The van der Waals surface area contributed by atoms with Crippen molar-refractivity contribution >= 4 is 22.7 Å². The van der Waals surface area contributed by atoms with Crippen molar-refractivity contribution in [1.82, 2.24) is 15.8 Å². The van der Waals surface area contributed by atoms with Crippen LogP contribution in [0.3, 0.4) is 0 Å². The third-order valence-electron chi connectivity index (χ3n) is 3.96. The second-order valence-electron chi connectivity index (χ2n) is 5.67. The van der Waals surface area contributed by atoms with E-state index in [-0.39, 0.29) is 12.5 Å². The lowest BCUT2D eigenvalue weighted by atomic mass is 10.2. The summed E-state index contributed by atoms with van der Waals surface area (Å²) in [5.41, 5.74) is 3.13. The zero-order chi connectivity index (χ0) is 19.2. The van der Waals surface area contributed by atoms with Gasteiger partial charge in [0.1, 0.15) is 23.8 Å². The molecule has 0 fully saturated rings. The number of carbonyl (C=O) groups is 2. The largest absolute Gasteiger partial charge is 0.496 e. The molecule has 4 N–H and O–H groups in total. The van der Waals surface area contributed by atoms with E-state index >= 15 is 0 Å². The van der Waals surface area contributed by atoms with Crippen LogP contribution < -0.4 is 20.3 Å². The van der Waals surface area contributed by atoms with E-state index < -0.39 is 5.91 Å². The Morgan fingerprint density at radius 3 is 2.59 bits per heavy atom. The fourth-order valence-corrected chi connectivity index (χ4v) is 2.62. The fourth-order valence-electron chi connectivity index (χ4n) is 2.62. The van der Waals surface area contributed by atoms with Gasteiger partial charge in [0.15, 0.2) is 0 Å². The lowest BCUT2D eigenvalue weighted by Gasteiger charge is -2.07. The summed E-state index contributed by atoms with van der Waals surface area (Å²) in [5.74, 6) is 0.411. The minimum absolute atomic E-state index is 0.244. The van der Waals surface area contributed by atoms with E-state index in [4.69, 9.17) is 14.7 Å². The predicted octanol–water partition coefficient (Wildman–Crippen LogP) is 2.10. The first-order valence-corrected chi connectivity index (χ1v) is 8.23. The van der Waals surface area contributed by atoms with Crippen molar-refractivity contribution in [3.8, 4) is 11.5 Å². The number of ether oxygens (including phenoxy) is 2. The summed E-state index contributed by atoms with van der Waals surface area (Å²) < 4.78 is 10.8. The van der Waals surface area contributed by atoms with Gasteiger partial charge in [-0.15, -0.1) is 0 Å². The zero-order valence-corrected chi connectivity index (χ0v) is 14.6. The highest BCUT2D eigenvalue weighted by Crippen LogP contribution is 2.25. The number of hydrogen-bond donors (Lipinski definition) is 4. The van der Waals surface area contributed by atoms with Gasteiger partial charge in [-0.2, -0.15) is 0 Å². The van der Waals surface area contributed by atoms with E-state index in [9.17, 15) is 9.59 Å². The number of aromatic amines is 1. The first-order valence-electron chi connectivity index (χ1n) is 8.23. The number of methoxy groups -OCH3 is 1. The first kappa shape index (κ1) is 18.3. The van der Waals surface area contributed by atoms with Gasteiger partial charge in [0, 0.05) is 16.5 Å². The number of hydroxylamine groups is 1. The Labute approximate surface area is 155 Å². The van der Waals surface area contributed by atoms with Crippen LogP contribution in [0.25, 0.3) is 10.9 Å². The van der Waals surface area contributed by atoms with Crippen molar-refractivity contribution < 1.29 is 24.3 Å². The molecule has 0 bridgehead atoms. The highest BCUT2D eigenvalue weighted by Gasteiger charge is 2.11. The van der Waals surface area contributed by atoms with Crippen molar-refractivity contribution in [2.75, 3.05) is 20.3 Å². The number of H-pyrrole nitrogens is 1. The van der Waals surface area contributed by atoms with Crippen molar-refractivity contribution in [2.24, 2.45) is 0 Å². The zero-order valence-electron chi connectivity index (χ0n) is 14.6. The average Bonchev–Trinajstić information content (AvgIpc) is 3.15. The minimum Gasteiger partial charge on any atom is -0.496 e. The van der Waals surface area contributed by atoms with Crippen molar-refractivity contribution in [2.45, 2.75) is 0 Å². The lowest BCUT2D eigenvalue weighted by Crippen LogP contribution is -2.28. The molecule has 27 heavy (non-hydrogen) atoms. The summed E-state index contributed by atoms with van der Waals surface area (Å²) in [5, 5.41) is 12.2. The van der Waals surface area contributed by atoms with Gasteiger partial charge in [-0.25, -0.2) is 5.48 Å². The van der Waals surface area contributed by atoms with Crippen molar-refractivity contribution in [3.63, 3.8) is 0 Å². The number of fused-ring (bicyclic) bond motifs is 1. The van der Waals surface area contributed by atoms with Crippen LogP contribution in [-0.4, -0.2) is 42.3 Å². The van der Waals surface area contributed by atoms with Crippen LogP contribution in [0.15, 0.2) is 48.5 Å². The second-order valence-corrected chi connectivity index (χ2v) is 5.67. The predicted molar refractivity (Wildman–Crippen MR) is 98.4 cm³/mol. The van der Waals surface area contributed by atoms with Crippen LogP contribution in [0.4, 0.5) is 0 Å². The third-order valence-corrected chi connectivity index (χ3v) is 3.96. The van der Waals surface area contributed by atoms with Crippen LogP contribution >= 0.6 is 0 Å². The van der Waals surface area contributed by atoms with Gasteiger partial charge in [-0.3, -0.25) is 14.8 Å². The monoisotopic (exact) mass is 369 g/mol. The van der Waals surface area contributed by atoms with Crippen molar-refractivity contribution in [3.05, 3.63) is 59.8 Å². The Balaban J connectivity index is 1.52. The summed E-state index contributed by atoms with van der Waals surface area (Å²) >= 11 is 0. The highest BCUT2D eigenvalue weighted by atomic mass is 16.5. The van der Waals surface area contributed by atoms with Crippen LogP contribution in [0, 0.1) is 0 Å². The van der Waals surface area contributed by atoms with Gasteiger partial charge in [0.2, 0.25) is 0 Å². The first-order chi connectivity index (χ1) is 13.1. The molecular formula is C19H19N3O5. The smallest absolute Gasteiger partial charge is 0.274 e. The van der Waals surface area contributed by atoms with E-state index in [1.54, 1.807) is 30.8 Å². The molecule has 0 aliphatic rings. The molecule has 0 unspecified atom stereocenters. The van der Waals surface area contributed by atoms with Gasteiger partial charge in [0.25, 0.3) is 11.8 Å². The number of carbonyl (C=O) groups excluding carboxylic acids is 2. The fraction of sp³-hybridized carbons (Fsp3) is 0.158. The maximum atomic E-state index is 12.3. The van der Waals surface area contributed by atoms with Crippen molar-refractivity contribution in [1.29, 1.82) is 0 Å². The Kier molecular flexibility index (Phi) is 5.58.